The molecular formula is C20H26FN3O2. The molecule has 0 amide bonds. The molecule has 140 valence electrons. The van der Waals surface area contributed by atoms with Gasteiger partial charge in [-0.3, -0.25) is 4.99 Å². The van der Waals surface area contributed by atoms with E-state index in [1.807, 2.05) is 37.3 Å². The number of nitrogens with one attached hydrogen (secondary N) is 2. The van der Waals surface area contributed by atoms with Gasteiger partial charge in [0.15, 0.2) is 5.96 Å². The minimum absolute atomic E-state index is 0.0848. The van der Waals surface area contributed by atoms with Crippen LogP contribution >= 0.6 is 0 Å². The van der Waals surface area contributed by atoms with E-state index in [0.717, 1.165) is 12.1 Å². The maximum absolute atomic E-state index is 12.9. The molecule has 0 bridgehead atoms. The van der Waals surface area contributed by atoms with E-state index in [4.69, 9.17) is 4.74 Å². The average Bonchev–Trinajstić information content (AvgIpc) is 2.66. The van der Waals surface area contributed by atoms with Crippen molar-refractivity contribution in [3.05, 3.63) is 66.0 Å². The maximum atomic E-state index is 12.9. The lowest BCUT2D eigenvalue weighted by Gasteiger charge is -2.19. The number of aliphatic imine (C=N–C) groups is 1. The molecule has 2 unspecified atom stereocenters. The second-order valence-corrected chi connectivity index (χ2v) is 5.92. The quantitative estimate of drug-likeness (QED) is 0.501. The number of ether oxygens (including phenoxy) is 1. The van der Waals surface area contributed by atoms with Gasteiger partial charge in [0.2, 0.25) is 0 Å². The zero-order valence-electron chi connectivity index (χ0n) is 15.2. The third kappa shape index (κ3) is 6.72. The van der Waals surface area contributed by atoms with Crippen LogP contribution in [0.25, 0.3) is 0 Å². The van der Waals surface area contributed by atoms with E-state index in [0.29, 0.717) is 11.7 Å². The molecule has 0 aliphatic heterocycles. The lowest BCUT2D eigenvalue weighted by Crippen LogP contribution is -2.39. The van der Waals surface area contributed by atoms with Crippen molar-refractivity contribution in [2.24, 2.45) is 4.99 Å². The first-order valence-electron chi connectivity index (χ1n) is 8.74. The first-order valence-corrected chi connectivity index (χ1v) is 8.74. The first kappa shape index (κ1) is 19.7. The number of halogens is 1. The number of aliphatic hydroxyl groups is 1. The highest BCUT2D eigenvalue weighted by atomic mass is 19.1. The lowest BCUT2D eigenvalue weighted by molar-refractivity contribution is 0.114. The molecular weight excluding hydrogens is 333 g/mol. The summed E-state index contributed by atoms with van der Waals surface area (Å²) in [7, 11) is 0. The van der Waals surface area contributed by atoms with Gasteiger partial charge < -0.3 is 20.5 Å². The van der Waals surface area contributed by atoms with Crippen LogP contribution in [-0.4, -0.2) is 36.9 Å². The smallest absolute Gasteiger partial charge is 0.191 e. The third-order valence-electron chi connectivity index (χ3n) is 3.71. The zero-order chi connectivity index (χ0) is 18.8. The first-order chi connectivity index (χ1) is 12.6. The second-order valence-electron chi connectivity index (χ2n) is 5.92. The van der Waals surface area contributed by atoms with Crippen molar-refractivity contribution in [2.45, 2.75) is 26.0 Å². The van der Waals surface area contributed by atoms with Gasteiger partial charge in [-0.15, -0.1) is 0 Å². The van der Waals surface area contributed by atoms with E-state index in [1.54, 1.807) is 0 Å². The van der Waals surface area contributed by atoms with Crippen molar-refractivity contribution in [3.63, 3.8) is 0 Å². The number of aliphatic hydroxyl groups excluding tert-OH is 1. The Morgan fingerprint density at radius 3 is 2.50 bits per heavy atom. The summed E-state index contributed by atoms with van der Waals surface area (Å²) in [6, 6.07) is 15.8. The Morgan fingerprint density at radius 1 is 1.15 bits per heavy atom. The molecule has 0 fully saturated rings. The zero-order valence-corrected chi connectivity index (χ0v) is 15.2. The molecule has 5 nitrogen and oxygen atoms in total. The van der Waals surface area contributed by atoms with E-state index < -0.39 is 6.10 Å². The molecule has 0 heterocycles. The van der Waals surface area contributed by atoms with Crippen molar-refractivity contribution < 1.29 is 14.2 Å². The van der Waals surface area contributed by atoms with Crippen LogP contribution in [0.4, 0.5) is 4.39 Å². The molecule has 0 aromatic heterocycles. The number of rotatable bonds is 8. The summed E-state index contributed by atoms with van der Waals surface area (Å²) in [4.78, 5) is 4.41. The van der Waals surface area contributed by atoms with Gasteiger partial charge in [0, 0.05) is 6.54 Å². The monoisotopic (exact) mass is 359 g/mol. The largest absolute Gasteiger partial charge is 0.491 e. The van der Waals surface area contributed by atoms with Gasteiger partial charge in [0.05, 0.1) is 12.6 Å². The summed E-state index contributed by atoms with van der Waals surface area (Å²) in [6.45, 7) is 5.03. The Labute approximate surface area is 153 Å². The van der Waals surface area contributed by atoms with Crippen molar-refractivity contribution in [1.29, 1.82) is 0 Å². The van der Waals surface area contributed by atoms with E-state index in [2.05, 4.69) is 22.5 Å². The fourth-order valence-corrected chi connectivity index (χ4v) is 2.32. The Bertz CT molecular complexity index is 677. The van der Waals surface area contributed by atoms with E-state index in [-0.39, 0.29) is 25.0 Å². The Kier molecular flexibility index (Phi) is 7.89. The van der Waals surface area contributed by atoms with Gasteiger partial charge >= 0.3 is 0 Å². The number of hydrogen-bond acceptors (Lipinski definition) is 3. The van der Waals surface area contributed by atoms with E-state index >= 15 is 0 Å². The molecule has 0 radical (unpaired) electrons. The molecule has 0 saturated heterocycles. The van der Waals surface area contributed by atoms with Crippen molar-refractivity contribution in [3.8, 4) is 5.75 Å². The minimum Gasteiger partial charge on any atom is -0.491 e. The Morgan fingerprint density at radius 2 is 1.85 bits per heavy atom. The molecule has 0 aliphatic rings. The summed E-state index contributed by atoms with van der Waals surface area (Å²) < 4.78 is 18.3. The highest BCUT2D eigenvalue weighted by molar-refractivity contribution is 5.80. The normalized spacial score (nSPS) is 13.8. The fourth-order valence-electron chi connectivity index (χ4n) is 2.32. The van der Waals surface area contributed by atoms with Crippen LogP contribution in [0.3, 0.4) is 0 Å². The van der Waals surface area contributed by atoms with Gasteiger partial charge in [-0.1, -0.05) is 30.3 Å². The van der Waals surface area contributed by atoms with Crippen LogP contribution in [0.15, 0.2) is 59.6 Å². The standard InChI is InChI=1S/C20H26FN3O2/c1-3-22-20(24-15(2)16-7-5-4-6-8-16)23-13-18(25)14-26-19-11-9-17(21)10-12-19/h4-12,15,18,25H,3,13-14H2,1-2H3,(H2,22,23,24). The molecule has 0 saturated carbocycles. The van der Waals surface area contributed by atoms with Crippen LogP contribution < -0.4 is 15.4 Å². The molecule has 2 rings (SSSR count). The molecule has 0 aliphatic carbocycles. The lowest BCUT2D eigenvalue weighted by atomic mass is 10.1. The third-order valence-corrected chi connectivity index (χ3v) is 3.71. The van der Waals surface area contributed by atoms with Gasteiger partial charge in [-0.2, -0.15) is 0 Å². The number of hydrogen-bond donors (Lipinski definition) is 3. The molecule has 6 heteroatoms. The van der Waals surface area contributed by atoms with Crippen LogP contribution in [0.5, 0.6) is 5.75 Å². The Hall–Kier alpha value is -2.60. The predicted octanol–water partition coefficient (Wildman–Crippen LogP) is 2.88. The molecule has 0 spiro atoms. The molecule has 2 atom stereocenters. The summed E-state index contributed by atoms with van der Waals surface area (Å²) in [6.07, 6.45) is -0.762. The second kappa shape index (κ2) is 10.4. The molecule has 26 heavy (non-hydrogen) atoms. The van der Waals surface area contributed by atoms with Crippen LogP contribution in [0, 0.1) is 5.82 Å². The SMILES string of the molecule is CCNC(=NCC(O)COc1ccc(F)cc1)NC(C)c1ccccc1. The number of guanidine groups is 1. The van der Waals surface area contributed by atoms with Gasteiger partial charge in [0.25, 0.3) is 0 Å². The van der Waals surface area contributed by atoms with Crippen LogP contribution in [0.2, 0.25) is 0 Å². The fraction of sp³-hybridized carbons (Fsp3) is 0.350. The average molecular weight is 359 g/mol. The van der Waals surface area contributed by atoms with Crippen molar-refractivity contribution in [2.75, 3.05) is 19.7 Å². The number of benzene rings is 2. The molecule has 3 N–H and O–H groups in total. The van der Waals surface area contributed by atoms with Crippen LogP contribution in [0.1, 0.15) is 25.5 Å². The Balaban J connectivity index is 1.85. The summed E-state index contributed by atoms with van der Waals surface area (Å²) in [5.41, 5.74) is 1.15. The predicted molar refractivity (Wildman–Crippen MR) is 102 cm³/mol. The van der Waals surface area contributed by atoms with Gasteiger partial charge in [0.1, 0.15) is 24.3 Å². The van der Waals surface area contributed by atoms with Gasteiger partial charge in [-0.25, -0.2) is 4.39 Å². The van der Waals surface area contributed by atoms with E-state index in [1.165, 1.54) is 24.3 Å². The highest BCUT2D eigenvalue weighted by Crippen LogP contribution is 2.12. The maximum Gasteiger partial charge on any atom is 0.191 e. The summed E-state index contributed by atoms with van der Waals surface area (Å²) >= 11 is 0. The summed E-state index contributed by atoms with van der Waals surface area (Å²) in [5.74, 6) is 0.818. The molecule has 2 aromatic carbocycles. The number of nitrogens with zero attached hydrogens (tertiary/aromatic N) is 1. The molecule has 2 aromatic rings. The van der Waals surface area contributed by atoms with Crippen molar-refractivity contribution in [1.82, 2.24) is 10.6 Å². The minimum atomic E-state index is -0.762. The highest BCUT2D eigenvalue weighted by Gasteiger charge is 2.09. The topological polar surface area (TPSA) is 65.9 Å². The van der Waals surface area contributed by atoms with E-state index in [9.17, 15) is 9.50 Å². The van der Waals surface area contributed by atoms with Gasteiger partial charge in [-0.05, 0) is 43.7 Å². The van der Waals surface area contributed by atoms with Crippen LogP contribution in [-0.2, 0) is 0 Å². The van der Waals surface area contributed by atoms with Crippen molar-refractivity contribution >= 4 is 5.96 Å². The summed E-state index contributed by atoms with van der Waals surface area (Å²) in [5, 5.41) is 16.6.